The van der Waals surface area contributed by atoms with Gasteiger partial charge in [-0.3, -0.25) is 0 Å². The lowest BCUT2D eigenvalue weighted by atomic mass is 10.2. The van der Waals surface area contributed by atoms with Crippen molar-refractivity contribution in [1.82, 2.24) is 10.0 Å². The second-order valence-corrected chi connectivity index (χ2v) is 6.57. The fourth-order valence-electron chi connectivity index (χ4n) is 1.16. The summed E-state index contributed by atoms with van der Waals surface area (Å²) in [4.78, 5) is 0.276. The normalized spacial score (nSPS) is 12.9. The maximum absolute atomic E-state index is 12.0. The van der Waals surface area contributed by atoms with Crippen LogP contribution in [0.4, 0.5) is 0 Å². The van der Waals surface area contributed by atoms with Gasteiger partial charge in [-0.2, -0.15) is 0 Å². The number of hydrogen-bond donors (Lipinski definition) is 2. The zero-order chi connectivity index (χ0) is 13.1. The van der Waals surface area contributed by atoms with E-state index >= 15 is 0 Å². The zero-order valence-electron chi connectivity index (χ0n) is 10.5. The molecule has 18 heavy (non-hydrogen) atoms. The largest absolute Gasteiger partial charge is 0.316 e. The van der Waals surface area contributed by atoms with Gasteiger partial charge in [-0.25, -0.2) is 13.1 Å². The van der Waals surface area contributed by atoms with Gasteiger partial charge in [-0.1, -0.05) is 22.0 Å². The van der Waals surface area contributed by atoms with Crippen molar-refractivity contribution < 1.29 is 8.42 Å². The first-order valence-electron chi connectivity index (χ1n) is 5.30. The Hall–Kier alpha value is -0.140. The summed E-state index contributed by atoms with van der Waals surface area (Å²) in [6, 6.07) is 5.09. The smallest absolute Gasteiger partial charge is 0.240 e. The third-order valence-electron chi connectivity index (χ3n) is 2.53. The van der Waals surface area contributed by atoms with Gasteiger partial charge in [-0.05, 0) is 38.6 Å². The lowest BCUT2D eigenvalue weighted by molar-refractivity contribution is 0.554. The van der Waals surface area contributed by atoms with Crippen LogP contribution < -0.4 is 10.0 Å². The van der Waals surface area contributed by atoms with Gasteiger partial charge in [0.05, 0.1) is 4.90 Å². The summed E-state index contributed by atoms with van der Waals surface area (Å²) in [6.07, 6.45) is 0. The van der Waals surface area contributed by atoms with Crippen LogP contribution in [0.25, 0.3) is 0 Å². The van der Waals surface area contributed by atoms with Crippen molar-refractivity contribution in [2.45, 2.75) is 24.8 Å². The second kappa shape index (κ2) is 7.45. The summed E-state index contributed by atoms with van der Waals surface area (Å²) < 4.78 is 27.3. The molecule has 4 nitrogen and oxygen atoms in total. The van der Waals surface area contributed by atoms with E-state index in [4.69, 9.17) is 0 Å². The molecule has 0 aromatic heterocycles. The van der Waals surface area contributed by atoms with E-state index < -0.39 is 10.0 Å². The molecule has 0 spiro atoms. The van der Waals surface area contributed by atoms with E-state index in [1.54, 1.807) is 25.2 Å². The van der Waals surface area contributed by atoms with Crippen LogP contribution in [0, 0.1) is 6.92 Å². The van der Waals surface area contributed by atoms with Crippen molar-refractivity contribution in [3.05, 3.63) is 28.2 Å². The Morgan fingerprint density at radius 3 is 2.50 bits per heavy atom. The van der Waals surface area contributed by atoms with E-state index in [1.807, 2.05) is 13.8 Å². The molecule has 0 aliphatic heterocycles. The maximum atomic E-state index is 12.0. The first-order valence-corrected chi connectivity index (χ1v) is 7.57. The Balaban J connectivity index is 0.00000289. The molecule has 0 saturated carbocycles. The third-order valence-corrected chi connectivity index (χ3v) is 4.80. The monoisotopic (exact) mass is 356 g/mol. The summed E-state index contributed by atoms with van der Waals surface area (Å²) in [5.74, 6) is 0. The molecule has 1 unspecified atom stereocenters. The summed E-state index contributed by atoms with van der Waals surface area (Å²) in [7, 11) is -1.63. The summed E-state index contributed by atoms with van der Waals surface area (Å²) >= 11 is 3.33. The molecule has 1 aromatic rings. The highest BCUT2D eigenvalue weighted by atomic mass is 79.9. The highest BCUT2D eigenvalue weighted by molar-refractivity contribution is 9.10. The molecule has 1 rings (SSSR count). The average molecular weight is 358 g/mol. The second-order valence-electron chi connectivity index (χ2n) is 3.95. The van der Waals surface area contributed by atoms with Gasteiger partial charge >= 0.3 is 0 Å². The number of sulfonamides is 1. The summed E-state index contributed by atoms with van der Waals surface area (Å²) in [5.41, 5.74) is 1.01. The molecule has 104 valence electrons. The SMILES string of the molecule is CNC(C)CNS(=O)(=O)c1ccc(C)c(Br)c1.Cl. The molecule has 2 N–H and O–H groups in total. The third kappa shape index (κ3) is 4.85. The predicted molar refractivity (Wildman–Crippen MR) is 79.8 cm³/mol. The molecule has 1 aromatic carbocycles. The molecular weight excluding hydrogens is 340 g/mol. The van der Waals surface area contributed by atoms with Gasteiger partial charge in [0.25, 0.3) is 0 Å². The number of rotatable bonds is 5. The van der Waals surface area contributed by atoms with Crippen molar-refractivity contribution in [2.75, 3.05) is 13.6 Å². The van der Waals surface area contributed by atoms with E-state index in [-0.39, 0.29) is 23.3 Å². The van der Waals surface area contributed by atoms with Crippen LogP contribution in [0.15, 0.2) is 27.6 Å². The molecule has 0 heterocycles. The van der Waals surface area contributed by atoms with Crippen LogP contribution >= 0.6 is 28.3 Å². The van der Waals surface area contributed by atoms with Crippen molar-refractivity contribution in [3.8, 4) is 0 Å². The summed E-state index contributed by atoms with van der Waals surface area (Å²) in [5, 5.41) is 2.97. The van der Waals surface area contributed by atoms with Crippen molar-refractivity contribution in [3.63, 3.8) is 0 Å². The Labute approximate surface area is 123 Å². The molecule has 0 aliphatic rings. The minimum atomic E-state index is -3.42. The first-order chi connectivity index (χ1) is 7.86. The number of nitrogens with one attached hydrogen (secondary N) is 2. The molecule has 7 heteroatoms. The van der Waals surface area contributed by atoms with Crippen LogP contribution in [0.2, 0.25) is 0 Å². The van der Waals surface area contributed by atoms with Gasteiger partial charge in [0, 0.05) is 17.1 Å². The fourth-order valence-corrected chi connectivity index (χ4v) is 2.85. The van der Waals surface area contributed by atoms with Crippen molar-refractivity contribution in [1.29, 1.82) is 0 Å². The summed E-state index contributed by atoms with van der Waals surface area (Å²) in [6.45, 7) is 4.19. The first kappa shape index (κ1) is 17.9. The Kier molecular flexibility index (Phi) is 7.39. The minimum Gasteiger partial charge on any atom is -0.316 e. The van der Waals surface area contributed by atoms with Crippen LogP contribution in [0.3, 0.4) is 0 Å². The van der Waals surface area contributed by atoms with Crippen LogP contribution in [0.5, 0.6) is 0 Å². The van der Waals surface area contributed by atoms with E-state index in [2.05, 4.69) is 26.0 Å². The molecule has 0 bridgehead atoms. The van der Waals surface area contributed by atoms with Crippen molar-refractivity contribution in [2.24, 2.45) is 0 Å². The molecule has 0 radical (unpaired) electrons. The number of hydrogen-bond acceptors (Lipinski definition) is 3. The highest BCUT2D eigenvalue weighted by Gasteiger charge is 2.15. The lowest BCUT2D eigenvalue weighted by Gasteiger charge is -2.12. The van der Waals surface area contributed by atoms with Gasteiger partial charge in [0.2, 0.25) is 10.0 Å². The van der Waals surface area contributed by atoms with Gasteiger partial charge in [0.15, 0.2) is 0 Å². The molecule has 0 amide bonds. The average Bonchev–Trinajstić information content (AvgIpc) is 2.29. The Bertz CT molecular complexity index is 494. The number of halogens is 2. The number of likely N-dealkylation sites (N-methyl/N-ethyl adjacent to an activating group) is 1. The Morgan fingerprint density at radius 2 is 2.00 bits per heavy atom. The van der Waals surface area contributed by atoms with E-state index in [9.17, 15) is 8.42 Å². The molecule has 0 aliphatic carbocycles. The van der Waals surface area contributed by atoms with Crippen LogP contribution in [-0.2, 0) is 10.0 Å². The van der Waals surface area contributed by atoms with Crippen molar-refractivity contribution >= 4 is 38.4 Å². The van der Waals surface area contributed by atoms with Crippen LogP contribution in [-0.4, -0.2) is 28.1 Å². The maximum Gasteiger partial charge on any atom is 0.240 e. The van der Waals surface area contributed by atoms with E-state index in [0.717, 1.165) is 10.0 Å². The van der Waals surface area contributed by atoms with E-state index in [0.29, 0.717) is 6.54 Å². The topological polar surface area (TPSA) is 58.2 Å². The van der Waals surface area contributed by atoms with Gasteiger partial charge in [0.1, 0.15) is 0 Å². The Morgan fingerprint density at radius 1 is 1.39 bits per heavy atom. The molecule has 1 atom stereocenters. The highest BCUT2D eigenvalue weighted by Crippen LogP contribution is 2.20. The molecule has 0 fully saturated rings. The predicted octanol–water partition coefficient (Wildman–Crippen LogP) is 2.07. The fraction of sp³-hybridized carbons (Fsp3) is 0.455. The molecular formula is C11H18BrClN2O2S. The van der Waals surface area contributed by atoms with Crippen LogP contribution in [0.1, 0.15) is 12.5 Å². The zero-order valence-corrected chi connectivity index (χ0v) is 13.7. The molecule has 0 saturated heterocycles. The quantitative estimate of drug-likeness (QED) is 0.848. The standard InChI is InChI=1S/C11H17BrN2O2S.ClH/c1-8-4-5-10(6-11(8)12)17(15,16)14-7-9(2)13-3;/h4-6,9,13-14H,7H2,1-3H3;1H. The number of benzene rings is 1. The van der Waals surface area contributed by atoms with E-state index in [1.165, 1.54) is 0 Å². The lowest BCUT2D eigenvalue weighted by Crippen LogP contribution is -2.37. The minimum absolute atomic E-state index is 0. The number of aryl methyl sites for hydroxylation is 1. The van der Waals surface area contributed by atoms with Gasteiger partial charge in [-0.15, -0.1) is 12.4 Å². The van der Waals surface area contributed by atoms with Gasteiger partial charge < -0.3 is 5.32 Å².